The van der Waals surface area contributed by atoms with Crippen molar-refractivity contribution in [2.75, 3.05) is 0 Å². The second-order valence-corrected chi connectivity index (χ2v) is 5.84. The number of H-pyrrole nitrogens is 1. The molecule has 3 aromatic rings. The highest BCUT2D eigenvalue weighted by Crippen LogP contribution is 2.32. The fourth-order valence-electron chi connectivity index (χ4n) is 1.88. The third kappa shape index (κ3) is 3.53. The van der Waals surface area contributed by atoms with Crippen LogP contribution in [0.15, 0.2) is 41.1 Å². The number of imidazole rings is 1. The molecule has 1 N–H and O–H groups in total. The lowest BCUT2D eigenvalue weighted by Crippen LogP contribution is -2.10. The molecule has 0 radical (unpaired) electrons. The molecule has 1 aromatic carbocycles. The maximum atomic E-state index is 13.1. The Kier molecular flexibility index (Phi) is 4.11. The highest BCUT2D eigenvalue weighted by Gasteiger charge is 2.34. The zero-order valence-electron chi connectivity index (χ0n) is 11.2. The largest absolute Gasteiger partial charge is 0.433 e. The topological polar surface area (TPSA) is 54.5 Å². The van der Waals surface area contributed by atoms with Crippen LogP contribution >= 0.6 is 27.5 Å². The van der Waals surface area contributed by atoms with E-state index in [9.17, 15) is 13.2 Å². The molecule has 3 rings (SSSR count). The van der Waals surface area contributed by atoms with Crippen LogP contribution in [-0.4, -0.2) is 19.9 Å². The Morgan fingerprint density at radius 2 is 1.78 bits per heavy atom. The van der Waals surface area contributed by atoms with Crippen molar-refractivity contribution in [3.8, 4) is 22.9 Å². The Balaban J connectivity index is 2.17. The molecule has 0 unspecified atom stereocenters. The lowest BCUT2D eigenvalue weighted by atomic mass is 10.1. The van der Waals surface area contributed by atoms with Crippen LogP contribution in [0.1, 0.15) is 5.69 Å². The van der Waals surface area contributed by atoms with Gasteiger partial charge in [0.2, 0.25) is 0 Å². The maximum Gasteiger partial charge on any atom is 0.433 e. The number of halogens is 5. The lowest BCUT2D eigenvalue weighted by molar-refractivity contribution is -0.141. The van der Waals surface area contributed by atoms with Crippen molar-refractivity contribution >= 4 is 27.5 Å². The van der Waals surface area contributed by atoms with Gasteiger partial charge >= 0.3 is 6.18 Å². The number of alkyl halides is 3. The monoisotopic (exact) mass is 402 g/mol. The van der Waals surface area contributed by atoms with E-state index in [4.69, 9.17) is 11.6 Å². The molecule has 0 aliphatic carbocycles. The molecule has 23 heavy (non-hydrogen) atoms. The van der Waals surface area contributed by atoms with Gasteiger partial charge < -0.3 is 4.98 Å². The second kappa shape index (κ2) is 5.93. The van der Waals surface area contributed by atoms with Gasteiger partial charge in [0.1, 0.15) is 10.3 Å². The first-order valence-corrected chi connectivity index (χ1v) is 7.43. The Morgan fingerprint density at radius 3 is 2.35 bits per heavy atom. The molecule has 2 heterocycles. The van der Waals surface area contributed by atoms with Gasteiger partial charge in [-0.25, -0.2) is 15.0 Å². The van der Waals surface area contributed by atoms with Gasteiger partial charge in [-0.15, -0.1) is 0 Å². The number of benzene rings is 1. The minimum absolute atomic E-state index is 0.131. The number of hydrogen-bond acceptors (Lipinski definition) is 3. The number of aromatic amines is 1. The van der Waals surface area contributed by atoms with Crippen molar-refractivity contribution in [3.05, 3.63) is 51.8 Å². The summed E-state index contributed by atoms with van der Waals surface area (Å²) < 4.78 is 39.8. The van der Waals surface area contributed by atoms with E-state index in [1.165, 1.54) is 6.20 Å². The van der Waals surface area contributed by atoms with Crippen molar-refractivity contribution < 1.29 is 13.2 Å². The summed E-state index contributed by atoms with van der Waals surface area (Å²) in [6.45, 7) is 0. The van der Waals surface area contributed by atoms with Gasteiger partial charge in [0.05, 0.1) is 11.9 Å². The molecule has 0 atom stereocenters. The van der Waals surface area contributed by atoms with Crippen molar-refractivity contribution in [1.82, 2.24) is 19.9 Å². The van der Waals surface area contributed by atoms with E-state index in [-0.39, 0.29) is 17.3 Å². The smallest absolute Gasteiger partial charge is 0.330 e. The van der Waals surface area contributed by atoms with Crippen LogP contribution in [0.5, 0.6) is 0 Å². The zero-order chi connectivity index (χ0) is 16.6. The molecule has 4 nitrogen and oxygen atoms in total. The minimum Gasteiger partial charge on any atom is -0.330 e. The van der Waals surface area contributed by atoms with Gasteiger partial charge in [-0.1, -0.05) is 23.7 Å². The minimum atomic E-state index is -4.59. The first-order chi connectivity index (χ1) is 10.8. The fourth-order valence-corrected chi connectivity index (χ4v) is 2.30. The van der Waals surface area contributed by atoms with Crippen LogP contribution in [-0.2, 0) is 6.18 Å². The number of nitrogens with zero attached hydrogens (tertiary/aromatic N) is 3. The molecule has 0 saturated heterocycles. The van der Waals surface area contributed by atoms with Crippen molar-refractivity contribution in [1.29, 1.82) is 0 Å². The summed E-state index contributed by atoms with van der Waals surface area (Å²) >= 11 is 8.95. The number of aromatic nitrogens is 4. The standard InChI is InChI=1S/C14H7BrClF3N4/c15-11-6-20-12(23-11)13-21-9(5-10(22-13)14(17,18)19)7-1-3-8(16)4-2-7/h1-6H,(H,20,23). The fraction of sp³-hybridized carbons (Fsp3) is 0.0714. The molecule has 0 saturated carbocycles. The van der Waals surface area contributed by atoms with Crippen LogP contribution in [0.3, 0.4) is 0 Å². The molecule has 0 spiro atoms. The third-order valence-electron chi connectivity index (χ3n) is 2.91. The van der Waals surface area contributed by atoms with Crippen LogP contribution in [0, 0.1) is 0 Å². The molecule has 0 aliphatic rings. The summed E-state index contributed by atoms with van der Waals surface area (Å²) in [7, 11) is 0. The number of nitrogens with one attached hydrogen (secondary N) is 1. The average Bonchev–Trinajstić information content (AvgIpc) is 2.93. The molecule has 9 heteroatoms. The molecule has 118 valence electrons. The van der Waals surface area contributed by atoms with Gasteiger partial charge in [-0.05, 0) is 34.1 Å². The van der Waals surface area contributed by atoms with Crippen LogP contribution < -0.4 is 0 Å². The average molecular weight is 404 g/mol. The molecule has 2 aromatic heterocycles. The molecule has 0 bridgehead atoms. The summed E-state index contributed by atoms with van der Waals surface area (Å²) in [6, 6.07) is 7.23. The summed E-state index contributed by atoms with van der Waals surface area (Å²) in [5.41, 5.74) is -0.416. The van der Waals surface area contributed by atoms with E-state index >= 15 is 0 Å². The molecule has 0 amide bonds. The van der Waals surface area contributed by atoms with E-state index in [0.29, 0.717) is 15.2 Å². The first-order valence-electron chi connectivity index (χ1n) is 6.26. The first kappa shape index (κ1) is 15.9. The van der Waals surface area contributed by atoms with Crippen molar-refractivity contribution in [2.45, 2.75) is 6.18 Å². The van der Waals surface area contributed by atoms with Crippen LogP contribution in [0.2, 0.25) is 5.02 Å². The van der Waals surface area contributed by atoms with Gasteiger partial charge in [-0.3, -0.25) is 0 Å². The van der Waals surface area contributed by atoms with E-state index in [2.05, 4.69) is 35.9 Å². The van der Waals surface area contributed by atoms with Gasteiger partial charge in [0, 0.05) is 10.6 Å². The van der Waals surface area contributed by atoms with Crippen molar-refractivity contribution in [3.63, 3.8) is 0 Å². The normalized spacial score (nSPS) is 11.7. The summed E-state index contributed by atoms with van der Waals surface area (Å²) in [5.74, 6) is -0.00587. The maximum absolute atomic E-state index is 13.1. The predicted octanol–water partition coefficient (Wildman–Crippen LogP) is 4.97. The third-order valence-corrected chi connectivity index (χ3v) is 3.57. The molecular formula is C14H7BrClF3N4. The van der Waals surface area contributed by atoms with Crippen LogP contribution in [0.4, 0.5) is 13.2 Å². The van der Waals surface area contributed by atoms with Gasteiger partial charge in [0.25, 0.3) is 0 Å². The molecular weight excluding hydrogens is 397 g/mol. The van der Waals surface area contributed by atoms with E-state index < -0.39 is 11.9 Å². The Labute approximate surface area is 141 Å². The highest BCUT2D eigenvalue weighted by atomic mass is 79.9. The SMILES string of the molecule is FC(F)(F)c1cc(-c2ccc(Cl)cc2)nc(-c2ncc(Br)[nH]2)n1. The number of rotatable bonds is 2. The second-order valence-electron chi connectivity index (χ2n) is 4.55. The van der Waals surface area contributed by atoms with Gasteiger partial charge in [0.15, 0.2) is 11.6 Å². The molecule has 0 aliphatic heterocycles. The predicted molar refractivity (Wildman–Crippen MR) is 82.8 cm³/mol. The van der Waals surface area contributed by atoms with E-state index in [1.54, 1.807) is 24.3 Å². The highest BCUT2D eigenvalue weighted by molar-refractivity contribution is 9.10. The zero-order valence-corrected chi connectivity index (χ0v) is 13.5. The quantitative estimate of drug-likeness (QED) is 0.657. The van der Waals surface area contributed by atoms with E-state index in [0.717, 1.165) is 6.07 Å². The molecule has 0 fully saturated rings. The lowest BCUT2D eigenvalue weighted by Gasteiger charge is -2.10. The summed E-state index contributed by atoms with van der Waals surface area (Å²) in [4.78, 5) is 14.4. The van der Waals surface area contributed by atoms with Gasteiger partial charge in [-0.2, -0.15) is 13.2 Å². The van der Waals surface area contributed by atoms with Crippen LogP contribution in [0.25, 0.3) is 22.9 Å². The van der Waals surface area contributed by atoms with E-state index in [1.807, 2.05) is 0 Å². The Hall–Kier alpha value is -1.93. The summed E-state index contributed by atoms with van der Waals surface area (Å²) in [6.07, 6.45) is -3.18. The Bertz CT molecular complexity index is 846. The Morgan fingerprint density at radius 1 is 1.09 bits per heavy atom. The summed E-state index contributed by atoms with van der Waals surface area (Å²) in [5, 5.41) is 0.481. The number of hydrogen-bond donors (Lipinski definition) is 1. The van der Waals surface area contributed by atoms with Crippen molar-refractivity contribution in [2.24, 2.45) is 0 Å².